The van der Waals surface area contributed by atoms with Crippen LogP contribution < -0.4 is 4.74 Å². The van der Waals surface area contributed by atoms with E-state index in [1.165, 1.54) is 0 Å². The van der Waals surface area contributed by atoms with Gasteiger partial charge < -0.3 is 19.3 Å². The zero-order valence-electron chi connectivity index (χ0n) is 20.2. The van der Waals surface area contributed by atoms with E-state index in [9.17, 15) is 9.59 Å². The van der Waals surface area contributed by atoms with Gasteiger partial charge in [-0.05, 0) is 49.2 Å². The van der Waals surface area contributed by atoms with Crippen molar-refractivity contribution in [2.75, 3.05) is 59.5 Å². The van der Waals surface area contributed by atoms with Crippen LogP contribution in [0.1, 0.15) is 27.9 Å². The number of nitrogens with zero attached hydrogens (tertiary/aromatic N) is 3. The minimum absolute atomic E-state index is 0.0109. The molecule has 7 heteroatoms. The normalized spacial score (nSPS) is 19.5. The highest BCUT2D eigenvalue weighted by Crippen LogP contribution is 2.16. The first-order chi connectivity index (χ1) is 16.5. The number of hydrogen-bond donors (Lipinski definition) is 0. The molecule has 1 atom stereocenters. The second-order valence-electron chi connectivity index (χ2n) is 9.12. The van der Waals surface area contributed by atoms with Gasteiger partial charge in [-0.2, -0.15) is 0 Å². The molecular formula is C27H35N3O4. The van der Waals surface area contributed by atoms with E-state index in [4.69, 9.17) is 9.47 Å². The standard InChI is InChI=1S/C27H35N3O4/c1-21-6-3-4-7-25(21)27(32)30-16-17-34-24(20-30)19-28-12-5-13-29(15-14-28)26(31)18-22-8-10-23(33-2)11-9-22/h3-4,6-11,24H,5,12-20H2,1-2H3. The number of morpholine rings is 1. The van der Waals surface area contributed by atoms with Crippen molar-refractivity contribution in [3.05, 3.63) is 65.2 Å². The fraction of sp³-hybridized carbons (Fsp3) is 0.481. The number of aryl methyl sites for hydroxylation is 1. The summed E-state index contributed by atoms with van der Waals surface area (Å²) < 4.78 is 11.2. The highest BCUT2D eigenvalue weighted by Gasteiger charge is 2.28. The molecule has 2 fully saturated rings. The maximum absolute atomic E-state index is 13.0. The molecule has 7 nitrogen and oxygen atoms in total. The number of amides is 2. The highest BCUT2D eigenvalue weighted by atomic mass is 16.5. The third-order valence-corrected chi connectivity index (χ3v) is 6.72. The van der Waals surface area contributed by atoms with Crippen LogP contribution >= 0.6 is 0 Å². The molecule has 0 radical (unpaired) electrons. The van der Waals surface area contributed by atoms with Crippen molar-refractivity contribution in [2.24, 2.45) is 0 Å². The molecule has 2 aromatic carbocycles. The van der Waals surface area contributed by atoms with E-state index in [0.717, 1.165) is 55.0 Å². The number of hydrogen-bond acceptors (Lipinski definition) is 5. The Bertz CT molecular complexity index is 978. The molecule has 0 N–H and O–H groups in total. The molecule has 2 aromatic rings. The molecule has 182 valence electrons. The summed E-state index contributed by atoms with van der Waals surface area (Å²) in [5, 5.41) is 0. The summed E-state index contributed by atoms with van der Waals surface area (Å²) in [6.45, 7) is 7.77. The molecule has 0 aromatic heterocycles. The maximum Gasteiger partial charge on any atom is 0.254 e. The van der Waals surface area contributed by atoms with Crippen LogP contribution in [0.4, 0.5) is 0 Å². The highest BCUT2D eigenvalue weighted by molar-refractivity contribution is 5.95. The van der Waals surface area contributed by atoms with Crippen LogP contribution in [-0.2, 0) is 16.0 Å². The van der Waals surface area contributed by atoms with Crippen LogP contribution in [0.15, 0.2) is 48.5 Å². The smallest absolute Gasteiger partial charge is 0.254 e. The molecule has 2 heterocycles. The molecule has 0 spiro atoms. The Morgan fingerprint density at radius 1 is 0.971 bits per heavy atom. The van der Waals surface area contributed by atoms with Crippen LogP contribution in [0.2, 0.25) is 0 Å². The summed E-state index contributed by atoms with van der Waals surface area (Å²) in [6.07, 6.45) is 1.34. The topological polar surface area (TPSA) is 62.3 Å². The summed E-state index contributed by atoms with van der Waals surface area (Å²) in [4.78, 5) is 32.1. The maximum atomic E-state index is 13.0. The van der Waals surface area contributed by atoms with Crippen molar-refractivity contribution in [2.45, 2.75) is 25.9 Å². The van der Waals surface area contributed by atoms with E-state index >= 15 is 0 Å². The second-order valence-corrected chi connectivity index (χ2v) is 9.12. The molecule has 2 aliphatic heterocycles. The van der Waals surface area contributed by atoms with E-state index in [1.807, 2.05) is 65.3 Å². The lowest BCUT2D eigenvalue weighted by Gasteiger charge is -2.35. The predicted octanol–water partition coefficient (Wildman–Crippen LogP) is 2.62. The van der Waals surface area contributed by atoms with E-state index in [2.05, 4.69) is 4.90 Å². The Morgan fingerprint density at radius 2 is 1.76 bits per heavy atom. The monoisotopic (exact) mass is 465 g/mol. The third kappa shape index (κ3) is 6.15. The van der Waals surface area contributed by atoms with Gasteiger partial charge in [0, 0.05) is 44.8 Å². The average molecular weight is 466 g/mol. The summed E-state index contributed by atoms with van der Waals surface area (Å²) in [5.41, 5.74) is 2.77. The van der Waals surface area contributed by atoms with Crippen molar-refractivity contribution in [1.82, 2.24) is 14.7 Å². The van der Waals surface area contributed by atoms with Gasteiger partial charge in [0.15, 0.2) is 0 Å². The number of rotatable bonds is 6. The molecule has 0 bridgehead atoms. The zero-order valence-corrected chi connectivity index (χ0v) is 20.2. The summed E-state index contributed by atoms with van der Waals surface area (Å²) in [6, 6.07) is 15.4. The lowest BCUT2D eigenvalue weighted by Crippen LogP contribution is -2.50. The molecule has 2 saturated heterocycles. The second kappa shape index (κ2) is 11.5. The number of carbonyl (C=O) groups excluding carboxylic acids is 2. The van der Waals surface area contributed by atoms with Gasteiger partial charge in [-0.1, -0.05) is 30.3 Å². The Balaban J connectivity index is 1.27. The van der Waals surface area contributed by atoms with E-state index < -0.39 is 0 Å². The van der Waals surface area contributed by atoms with Gasteiger partial charge in [0.1, 0.15) is 5.75 Å². The first kappa shape index (κ1) is 24.2. The summed E-state index contributed by atoms with van der Waals surface area (Å²) in [7, 11) is 1.64. The van der Waals surface area contributed by atoms with Crippen molar-refractivity contribution in [3.63, 3.8) is 0 Å². The Morgan fingerprint density at radius 3 is 2.53 bits per heavy atom. The van der Waals surface area contributed by atoms with Gasteiger partial charge in [-0.25, -0.2) is 0 Å². The summed E-state index contributed by atoms with van der Waals surface area (Å²) >= 11 is 0. The minimum Gasteiger partial charge on any atom is -0.497 e. The quantitative estimate of drug-likeness (QED) is 0.656. The number of ether oxygens (including phenoxy) is 2. The van der Waals surface area contributed by atoms with E-state index in [0.29, 0.717) is 32.7 Å². The first-order valence-corrected chi connectivity index (χ1v) is 12.1. The van der Waals surface area contributed by atoms with Crippen LogP contribution in [0.3, 0.4) is 0 Å². The SMILES string of the molecule is COc1ccc(CC(=O)N2CCCN(CC3CN(C(=O)c4ccccc4C)CCO3)CC2)cc1. The van der Waals surface area contributed by atoms with Gasteiger partial charge in [0.05, 0.1) is 26.2 Å². The molecule has 4 rings (SSSR count). The van der Waals surface area contributed by atoms with Gasteiger partial charge in [-0.15, -0.1) is 0 Å². The van der Waals surface area contributed by atoms with Crippen molar-refractivity contribution in [1.29, 1.82) is 0 Å². The molecule has 0 aliphatic carbocycles. The van der Waals surface area contributed by atoms with Crippen LogP contribution in [0, 0.1) is 6.92 Å². The Labute approximate surface area is 202 Å². The molecule has 0 saturated carbocycles. The molecule has 2 amide bonds. The molecule has 2 aliphatic rings. The third-order valence-electron chi connectivity index (χ3n) is 6.72. The van der Waals surface area contributed by atoms with Gasteiger partial charge in [0.2, 0.25) is 5.91 Å². The lowest BCUT2D eigenvalue weighted by molar-refractivity contribution is -0.130. The Hall–Kier alpha value is -2.90. The van der Waals surface area contributed by atoms with Gasteiger partial charge in [-0.3, -0.25) is 14.5 Å². The molecule has 1 unspecified atom stereocenters. The first-order valence-electron chi connectivity index (χ1n) is 12.1. The van der Waals surface area contributed by atoms with Crippen molar-refractivity contribution in [3.8, 4) is 5.75 Å². The fourth-order valence-electron chi connectivity index (χ4n) is 4.72. The largest absolute Gasteiger partial charge is 0.497 e. The van der Waals surface area contributed by atoms with Crippen molar-refractivity contribution < 1.29 is 19.1 Å². The van der Waals surface area contributed by atoms with Gasteiger partial charge >= 0.3 is 0 Å². The number of benzene rings is 2. The molecule has 34 heavy (non-hydrogen) atoms. The van der Waals surface area contributed by atoms with Crippen LogP contribution in [0.5, 0.6) is 5.75 Å². The fourth-order valence-corrected chi connectivity index (χ4v) is 4.72. The van der Waals surface area contributed by atoms with Crippen molar-refractivity contribution >= 4 is 11.8 Å². The molecular weight excluding hydrogens is 430 g/mol. The minimum atomic E-state index is -0.0109. The van der Waals surface area contributed by atoms with Gasteiger partial charge in [0.25, 0.3) is 5.91 Å². The van der Waals surface area contributed by atoms with Crippen LogP contribution in [-0.4, -0.2) is 92.1 Å². The number of carbonyl (C=O) groups is 2. The van der Waals surface area contributed by atoms with Crippen LogP contribution in [0.25, 0.3) is 0 Å². The number of methoxy groups -OCH3 is 1. The lowest BCUT2D eigenvalue weighted by atomic mass is 10.1. The summed E-state index contributed by atoms with van der Waals surface area (Å²) in [5.74, 6) is 1.04. The zero-order chi connectivity index (χ0) is 23.9. The average Bonchev–Trinajstić information content (AvgIpc) is 3.10. The van der Waals surface area contributed by atoms with E-state index in [1.54, 1.807) is 7.11 Å². The van der Waals surface area contributed by atoms with E-state index in [-0.39, 0.29) is 17.9 Å². The Kier molecular flexibility index (Phi) is 8.19. The predicted molar refractivity (Wildman–Crippen MR) is 131 cm³/mol.